The van der Waals surface area contributed by atoms with Gasteiger partial charge >= 0.3 is 0 Å². The van der Waals surface area contributed by atoms with Crippen LogP contribution in [0.1, 0.15) is 0 Å². The zero-order valence-corrected chi connectivity index (χ0v) is 17.1. The number of rotatable bonds is 5. The molecule has 0 aliphatic carbocycles. The van der Waals surface area contributed by atoms with Crippen molar-refractivity contribution in [1.82, 2.24) is 14.9 Å². The van der Waals surface area contributed by atoms with Crippen molar-refractivity contribution in [2.75, 3.05) is 42.9 Å². The number of halogens is 1. The zero-order valence-electron chi connectivity index (χ0n) is 16.4. The number of anilines is 2. The first kappa shape index (κ1) is 20.8. The molecule has 160 valence electrons. The lowest BCUT2D eigenvalue weighted by molar-refractivity contribution is -0.384. The first-order valence-corrected chi connectivity index (χ1v) is 9.97. The number of carbonyl (C=O) groups excluding carboxylic acids is 1. The molecule has 0 saturated carbocycles. The van der Waals surface area contributed by atoms with E-state index in [9.17, 15) is 19.7 Å². The van der Waals surface area contributed by atoms with Gasteiger partial charge in [-0.2, -0.15) is 0 Å². The summed E-state index contributed by atoms with van der Waals surface area (Å²) in [5.41, 5.74) is 0.800. The highest BCUT2D eigenvalue weighted by Crippen LogP contribution is 2.32. The van der Waals surface area contributed by atoms with Crippen LogP contribution >= 0.6 is 11.6 Å². The molecule has 0 bridgehead atoms. The second kappa shape index (κ2) is 8.70. The minimum absolute atomic E-state index is 0.143. The van der Waals surface area contributed by atoms with E-state index in [-0.39, 0.29) is 23.5 Å². The lowest BCUT2D eigenvalue weighted by Crippen LogP contribution is -2.48. The number of nitrogens with one attached hydrogen (secondary N) is 2. The maximum atomic E-state index is 12.4. The summed E-state index contributed by atoms with van der Waals surface area (Å²) in [6.45, 7) is 2.28. The molecular formula is C20H19ClN6O4. The van der Waals surface area contributed by atoms with E-state index >= 15 is 0 Å². The highest BCUT2D eigenvalue weighted by atomic mass is 35.5. The normalized spacial score (nSPS) is 14.5. The van der Waals surface area contributed by atoms with E-state index in [1.807, 2.05) is 9.80 Å². The Labute approximate surface area is 181 Å². The van der Waals surface area contributed by atoms with Crippen molar-refractivity contribution in [3.8, 4) is 0 Å². The molecule has 0 spiro atoms. The van der Waals surface area contributed by atoms with Crippen LogP contribution < -0.4 is 15.8 Å². The van der Waals surface area contributed by atoms with Gasteiger partial charge in [0.2, 0.25) is 5.91 Å². The average Bonchev–Trinajstić information content (AvgIpc) is 2.75. The Morgan fingerprint density at radius 1 is 1.23 bits per heavy atom. The van der Waals surface area contributed by atoms with Crippen molar-refractivity contribution in [2.45, 2.75) is 0 Å². The Morgan fingerprint density at radius 2 is 1.97 bits per heavy atom. The molecule has 1 saturated heterocycles. The molecule has 1 aliphatic rings. The third-order valence-electron chi connectivity index (χ3n) is 5.16. The van der Waals surface area contributed by atoms with Gasteiger partial charge in [-0.3, -0.25) is 24.6 Å². The number of H-pyrrole nitrogens is 1. The first-order chi connectivity index (χ1) is 14.9. The third kappa shape index (κ3) is 4.49. The Hall–Kier alpha value is -3.50. The Bertz CT molecular complexity index is 1210. The van der Waals surface area contributed by atoms with Crippen LogP contribution in [-0.4, -0.2) is 58.4 Å². The van der Waals surface area contributed by atoms with E-state index in [1.54, 1.807) is 30.3 Å². The lowest BCUT2D eigenvalue weighted by Gasteiger charge is -2.35. The molecule has 1 aromatic heterocycles. The topological polar surface area (TPSA) is 124 Å². The maximum absolute atomic E-state index is 12.4. The fourth-order valence-corrected chi connectivity index (χ4v) is 3.78. The number of nitro groups is 1. The lowest BCUT2D eigenvalue weighted by atomic mass is 10.1. The summed E-state index contributed by atoms with van der Waals surface area (Å²) in [7, 11) is 0. The van der Waals surface area contributed by atoms with E-state index in [2.05, 4.69) is 15.3 Å². The number of aromatic nitrogens is 2. The van der Waals surface area contributed by atoms with Crippen molar-refractivity contribution in [2.24, 2.45) is 0 Å². The smallest absolute Gasteiger partial charge is 0.293 e. The third-order valence-corrected chi connectivity index (χ3v) is 5.49. The molecule has 4 rings (SSSR count). The first-order valence-electron chi connectivity index (χ1n) is 9.60. The largest absolute Gasteiger partial charge is 0.363 e. The Morgan fingerprint density at radius 3 is 2.68 bits per heavy atom. The minimum Gasteiger partial charge on any atom is -0.363 e. The average molecular weight is 443 g/mol. The molecular weight excluding hydrogens is 424 g/mol. The fraction of sp³-hybridized carbons (Fsp3) is 0.250. The maximum Gasteiger partial charge on any atom is 0.293 e. The highest BCUT2D eigenvalue weighted by Gasteiger charge is 2.26. The van der Waals surface area contributed by atoms with Crippen LogP contribution in [0.2, 0.25) is 5.02 Å². The predicted octanol–water partition coefficient (Wildman–Crippen LogP) is 2.25. The van der Waals surface area contributed by atoms with Crippen molar-refractivity contribution in [1.29, 1.82) is 0 Å². The molecule has 31 heavy (non-hydrogen) atoms. The van der Waals surface area contributed by atoms with Gasteiger partial charge in [-0.05, 0) is 18.2 Å². The molecule has 2 N–H and O–H groups in total. The number of hydrogen-bond acceptors (Lipinski definition) is 7. The minimum atomic E-state index is -0.495. The summed E-state index contributed by atoms with van der Waals surface area (Å²) < 4.78 is 0. The van der Waals surface area contributed by atoms with Gasteiger partial charge in [-0.15, -0.1) is 0 Å². The summed E-state index contributed by atoms with van der Waals surface area (Å²) >= 11 is 6.07. The molecule has 2 heterocycles. The van der Waals surface area contributed by atoms with Gasteiger partial charge in [-0.1, -0.05) is 23.7 Å². The molecule has 1 aliphatic heterocycles. The number of fused-ring (bicyclic) bond motifs is 1. The highest BCUT2D eigenvalue weighted by molar-refractivity contribution is 6.33. The van der Waals surface area contributed by atoms with Gasteiger partial charge in [-0.25, -0.2) is 4.98 Å². The van der Waals surface area contributed by atoms with E-state index in [0.29, 0.717) is 48.1 Å². The van der Waals surface area contributed by atoms with Crippen molar-refractivity contribution < 1.29 is 9.72 Å². The van der Waals surface area contributed by atoms with E-state index in [1.165, 1.54) is 12.4 Å². The molecule has 2 aromatic carbocycles. The number of benzene rings is 2. The molecule has 1 fully saturated rings. The zero-order chi connectivity index (χ0) is 22.0. The summed E-state index contributed by atoms with van der Waals surface area (Å²) in [5.74, 6) is -0.179. The van der Waals surface area contributed by atoms with Crippen molar-refractivity contribution >= 4 is 45.5 Å². The monoisotopic (exact) mass is 442 g/mol. The van der Waals surface area contributed by atoms with Crippen LogP contribution in [0.5, 0.6) is 0 Å². The van der Waals surface area contributed by atoms with Gasteiger partial charge in [0.1, 0.15) is 5.69 Å². The van der Waals surface area contributed by atoms with Gasteiger partial charge < -0.3 is 15.2 Å². The number of carbonyl (C=O) groups is 1. The number of nitro benzene ring substituents is 1. The number of amides is 1. The molecule has 11 heteroatoms. The predicted molar refractivity (Wildman–Crippen MR) is 118 cm³/mol. The summed E-state index contributed by atoms with van der Waals surface area (Å²) in [6, 6.07) is 9.85. The summed E-state index contributed by atoms with van der Waals surface area (Å²) in [6.07, 6.45) is 1.27. The van der Waals surface area contributed by atoms with Crippen LogP contribution in [0.25, 0.3) is 10.9 Å². The Balaban J connectivity index is 1.45. The quantitative estimate of drug-likeness (QED) is 0.458. The van der Waals surface area contributed by atoms with E-state index in [0.717, 1.165) is 0 Å². The van der Waals surface area contributed by atoms with E-state index < -0.39 is 10.5 Å². The number of para-hydroxylation sites is 1. The standard InChI is InChI=1S/C20H19ClN6O4/c21-14-3-1-2-4-15(14)24-19(28)11-25-5-7-26(8-6-25)17-10-16-13(9-18(17)27(30)31)20(29)23-12-22-16/h1-4,9-10,12H,5-8,11H2,(H,24,28)(H,22,23,29). The summed E-state index contributed by atoms with van der Waals surface area (Å²) in [4.78, 5) is 45.8. The number of hydrogen-bond donors (Lipinski definition) is 2. The molecule has 10 nitrogen and oxygen atoms in total. The molecule has 0 atom stereocenters. The van der Waals surface area contributed by atoms with Crippen molar-refractivity contribution in [3.63, 3.8) is 0 Å². The van der Waals surface area contributed by atoms with Crippen LogP contribution in [0.3, 0.4) is 0 Å². The van der Waals surface area contributed by atoms with Crippen LogP contribution in [0.4, 0.5) is 17.1 Å². The SMILES string of the molecule is O=C(CN1CCN(c2cc3nc[nH]c(=O)c3cc2[N+](=O)[O-])CC1)Nc1ccccc1Cl. The number of aromatic amines is 1. The van der Waals surface area contributed by atoms with Gasteiger partial charge in [0.15, 0.2) is 0 Å². The summed E-state index contributed by atoms with van der Waals surface area (Å²) in [5, 5.41) is 15.0. The van der Waals surface area contributed by atoms with Gasteiger partial charge in [0.25, 0.3) is 11.2 Å². The second-order valence-electron chi connectivity index (χ2n) is 7.14. The molecule has 1 amide bonds. The van der Waals surface area contributed by atoms with Crippen LogP contribution in [0.15, 0.2) is 47.5 Å². The van der Waals surface area contributed by atoms with Crippen molar-refractivity contribution in [3.05, 3.63) is 68.2 Å². The molecule has 0 unspecified atom stereocenters. The van der Waals surface area contributed by atoms with Crippen LogP contribution in [0, 0.1) is 10.1 Å². The Kier molecular flexibility index (Phi) is 5.83. The number of piperazine rings is 1. The molecule has 3 aromatic rings. The second-order valence-corrected chi connectivity index (χ2v) is 7.55. The van der Waals surface area contributed by atoms with Gasteiger partial charge in [0, 0.05) is 32.2 Å². The van der Waals surface area contributed by atoms with E-state index in [4.69, 9.17) is 11.6 Å². The fourth-order valence-electron chi connectivity index (χ4n) is 3.59. The number of nitrogens with zero attached hydrogens (tertiary/aromatic N) is 4. The van der Waals surface area contributed by atoms with Gasteiger partial charge in [0.05, 0.1) is 39.4 Å². The van der Waals surface area contributed by atoms with Crippen LogP contribution in [-0.2, 0) is 4.79 Å². The molecule has 0 radical (unpaired) electrons.